The van der Waals surface area contributed by atoms with Crippen LogP contribution in [0.15, 0.2) is 0 Å². The van der Waals surface area contributed by atoms with Crippen LogP contribution in [-0.4, -0.2) is 86.5 Å². The number of carbonyl (C=O) groups excluding carboxylic acids is 3. The van der Waals surface area contributed by atoms with Crippen LogP contribution in [-0.2, 0) is 36.2 Å². The van der Waals surface area contributed by atoms with Crippen molar-refractivity contribution in [2.45, 2.75) is 13.3 Å². The number of esters is 1. The topological polar surface area (TPSA) is 91.0 Å². The van der Waals surface area contributed by atoms with Crippen LogP contribution < -0.4 is 10.6 Å². The molecular formula is C24H34FeN4O4+2. The number of carbonyl (C=O) groups is 3. The molecule has 9 heteroatoms. The molecule has 2 amide bonds. The molecule has 1 saturated heterocycles. The molecule has 1 heterocycles. The van der Waals surface area contributed by atoms with Crippen molar-refractivity contribution in [1.29, 1.82) is 0 Å². The number of ether oxygens (including phenoxy) is 1. The summed E-state index contributed by atoms with van der Waals surface area (Å²) in [4.78, 5) is 39.7. The third-order valence-electron chi connectivity index (χ3n) is 4.91. The summed E-state index contributed by atoms with van der Waals surface area (Å²) >= 11 is 0. The van der Waals surface area contributed by atoms with Crippen molar-refractivity contribution in [3.63, 3.8) is 0 Å². The molecule has 0 aromatic carbocycles. The van der Waals surface area contributed by atoms with Gasteiger partial charge in [-0.3, -0.25) is 24.2 Å². The summed E-state index contributed by atoms with van der Waals surface area (Å²) in [6.07, 6.45) is 18.0. The van der Waals surface area contributed by atoms with Crippen LogP contribution >= 0.6 is 0 Å². The maximum Gasteiger partial charge on any atom is 2.00 e. The third-order valence-corrected chi connectivity index (χ3v) is 4.91. The first kappa shape index (κ1) is 29.9. The van der Waals surface area contributed by atoms with Crippen molar-refractivity contribution in [2.75, 3.05) is 59.0 Å². The van der Waals surface area contributed by atoms with E-state index < -0.39 is 0 Å². The summed E-state index contributed by atoms with van der Waals surface area (Å²) in [5, 5.41) is 5.52. The van der Waals surface area contributed by atoms with Gasteiger partial charge in [0.25, 0.3) is 0 Å². The summed E-state index contributed by atoms with van der Waals surface area (Å²) in [6, 6.07) is 0. The molecule has 3 rings (SSSR count). The van der Waals surface area contributed by atoms with Gasteiger partial charge in [0.2, 0.25) is 11.8 Å². The van der Waals surface area contributed by atoms with E-state index in [1.165, 1.54) is 5.92 Å². The van der Waals surface area contributed by atoms with E-state index in [4.69, 9.17) is 4.74 Å². The molecule has 1 aliphatic heterocycles. The van der Waals surface area contributed by atoms with Gasteiger partial charge in [0.15, 0.2) is 0 Å². The van der Waals surface area contributed by atoms with Crippen LogP contribution in [0.1, 0.15) is 13.3 Å². The van der Waals surface area contributed by atoms with E-state index >= 15 is 0 Å². The first-order chi connectivity index (χ1) is 15.6. The van der Waals surface area contributed by atoms with Gasteiger partial charge in [0.05, 0.1) is 13.2 Å². The Hall–Kier alpha value is -1.15. The number of amides is 2. The zero-order valence-corrected chi connectivity index (χ0v) is 20.3. The Balaban J connectivity index is 0.000000799. The molecule has 0 aromatic heterocycles. The Morgan fingerprint density at radius 2 is 1.36 bits per heavy atom. The second-order valence-corrected chi connectivity index (χ2v) is 7.49. The SMILES string of the molecule is CCOC(=O)CN1CCNC(=O)CC(=O)NCCN(C[C]2[CH][CH][CH][CH]2)CC1.[CH]1[CH][CH][CH][CH]1.[Fe+2]. The van der Waals surface area contributed by atoms with Crippen molar-refractivity contribution < 1.29 is 36.2 Å². The van der Waals surface area contributed by atoms with Crippen LogP contribution in [0.5, 0.6) is 0 Å². The van der Waals surface area contributed by atoms with Gasteiger partial charge in [-0.1, -0.05) is 0 Å². The van der Waals surface area contributed by atoms with E-state index in [2.05, 4.69) is 28.4 Å². The Kier molecular flexibility index (Phi) is 16.5. The smallest absolute Gasteiger partial charge is 0.465 e. The second-order valence-electron chi connectivity index (χ2n) is 7.49. The monoisotopic (exact) mass is 498 g/mol. The maximum atomic E-state index is 11.9. The fourth-order valence-electron chi connectivity index (χ4n) is 3.29. The number of hydrogen-bond donors (Lipinski definition) is 2. The number of hydrogen-bond acceptors (Lipinski definition) is 6. The quantitative estimate of drug-likeness (QED) is 0.320. The minimum atomic E-state index is -0.309. The summed E-state index contributed by atoms with van der Waals surface area (Å²) in [5.41, 5.74) is 0. The van der Waals surface area contributed by atoms with Crippen molar-refractivity contribution >= 4 is 17.8 Å². The van der Waals surface area contributed by atoms with E-state index in [0.29, 0.717) is 39.3 Å². The van der Waals surface area contributed by atoms with Gasteiger partial charge in [0.1, 0.15) is 6.42 Å². The number of nitrogens with one attached hydrogen (secondary N) is 2. The summed E-state index contributed by atoms with van der Waals surface area (Å²) in [7, 11) is 0. The van der Waals surface area contributed by atoms with Gasteiger partial charge < -0.3 is 15.4 Å². The Bertz CT molecular complexity index is 561. The second kappa shape index (κ2) is 18.2. The molecule has 0 spiro atoms. The van der Waals surface area contributed by atoms with Crippen molar-refractivity contribution in [3.8, 4) is 0 Å². The fraction of sp³-hybridized carbons (Fsp3) is 0.458. The van der Waals surface area contributed by atoms with Crippen LogP contribution in [0.2, 0.25) is 0 Å². The van der Waals surface area contributed by atoms with Crippen molar-refractivity contribution in [1.82, 2.24) is 20.4 Å². The van der Waals surface area contributed by atoms with Crippen molar-refractivity contribution in [3.05, 3.63) is 63.7 Å². The molecule has 33 heavy (non-hydrogen) atoms. The largest absolute Gasteiger partial charge is 2.00 e. The molecule has 3 fully saturated rings. The molecule has 0 atom stereocenters. The Morgan fingerprint density at radius 1 is 0.848 bits per heavy atom. The molecule has 2 N–H and O–H groups in total. The Labute approximate surface area is 210 Å². The average Bonchev–Trinajstić information content (AvgIpc) is 3.48. The molecule has 2 saturated carbocycles. The summed E-state index contributed by atoms with van der Waals surface area (Å²) in [6.45, 7) is 6.56. The minimum absolute atomic E-state index is 0. The van der Waals surface area contributed by atoms with E-state index in [1.807, 2.05) is 49.8 Å². The van der Waals surface area contributed by atoms with E-state index in [0.717, 1.165) is 13.1 Å². The van der Waals surface area contributed by atoms with Crippen LogP contribution in [0.3, 0.4) is 0 Å². The molecule has 3 aliphatic rings. The van der Waals surface area contributed by atoms with Gasteiger partial charge in [0, 0.05) is 45.8 Å². The van der Waals surface area contributed by atoms with Crippen LogP contribution in [0, 0.1) is 63.7 Å². The molecule has 0 unspecified atom stereocenters. The van der Waals surface area contributed by atoms with Gasteiger partial charge in [-0.2, -0.15) is 0 Å². The predicted molar refractivity (Wildman–Crippen MR) is 122 cm³/mol. The first-order valence-corrected chi connectivity index (χ1v) is 11.1. The van der Waals surface area contributed by atoms with Gasteiger partial charge in [-0.05, 0) is 70.6 Å². The number of nitrogens with zero attached hydrogens (tertiary/aromatic N) is 2. The Morgan fingerprint density at radius 3 is 1.91 bits per heavy atom. The van der Waals surface area contributed by atoms with E-state index in [9.17, 15) is 14.4 Å². The fourth-order valence-corrected chi connectivity index (χ4v) is 3.29. The molecule has 10 radical (unpaired) electrons. The average molecular weight is 498 g/mol. The standard InChI is InChI=1S/C19H29N4O4.C5H5.Fe/c1-2-27-19(26)15-23-10-8-21-18(25)13-17(24)20-7-9-22(11-12-23)14-16-5-3-4-6-16;1-2-4-5-3-1;/h3-6H,2,7-15H2,1H3,(H,20,24)(H,21,25);1-5H;/q;;+2. The zero-order chi connectivity index (χ0) is 23.0. The molecule has 0 bridgehead atoms. The van der Waals surface area contributed by atoms with E-state index in [1.54, 1.807) is 6.92 Å². The van der Waals surface area contributed by atoms with E-state index in [-0.39, 0.29) is 47.8 Å². The summed E-state index contributed by atoms with van der Waals surface area (Å²) < 4.78 is 5.05. The first-order valence-electron chi connectivity index (χ1n) is 11.1. The zero-order valence-electron chi connectivity index (χ0n) is 19.1. The normalized spacial score (nSPS) is 21.8. The molecule has 8 nitrogen and oxygen atoms in total. The third kappa shape index (κ3) is 14.0. The van der Waals surface area contributed by atoms with Crippen LogP contribution in [0.4, 0.5) is 0 Å². The van der Waals surface area contributed by atoms with Gasteiger partial charge in [-0.15, -0.1) is 0 Å². The predicted octanol–water partition coefficient (Wildman–Crippen LogP) is 0.214. The molecule has 0 aromatic rings. The molecule has 2 aliphatic carbocycles. The van der Waals surface area contributed by atoms with Gasteiger partial charge in [-0.25, -0.2) is 0 Å². The van der Waals surface area contributed by atoms with Gasteiger partial charge >= 0.3 is 23.0 Å². The molecular weight excluding hydrogens is 464 g/mol. The molecule has 180 valence electrons. The van der Waals surface area contributed by atoms with Crippen LogP contribution in [0.25, 0.3) is 0 Å². The van der Waals surface area contributed by atoms with Crippen molar-refractivity contribution in [2.24, 2.45) is 0 Å². The maximum absolute atomic E-state index is 11.9. The number of rotatable bonds is 5. The minimum Gasteiger partial charge on any atom is -0.465 e. The summed E-state index contributed by atoms with van der Waals surface area (Å²) in [5.74, 6) is 0.354.